The molecule has 0 bridgehead atoms. The molecule has 1 aliphatic rings. The molecule has 1 fully saturated rings. The first kappa shape index (κ1) is 22.7. The second-order valence-corrected chi connectivity index (χ2v) is 8.40. The Balaban J connectivity index is 1.39. The minimum absolute atomic E-state index is 0.176. The number of hydrogen-bond donors (Lipinski definition) is 3. The highest BCUT2D eigenvalue weighted by Crippen LogP contribution is 2.26. The first-order valence-corrected chi connectivity index (χ1v) is 11.5. The Bertz CT molecular complexity index is 1380. The van der Waals surface area contributed by atoms with Crippen molar-refractivity contribution in [2.75, 3.05) is 29.9 Å². The van der Waals surface area contributed by atoms with Crippen LogP contribution in [0.25, 0.3) is 16.6 Å². The molecule has 0 spiro atoms. The number of fused-ring (bicyclic) bond motifs is 1. The minimum atomic E-state index is -0.460. The van der Waals surface area contributed by atoms with Crippen molar-refractivity contribution in [3.63, 3.8) is 0 Å². The standard InChI is InChI=1S/C25H25FN8O/c26-21-13-20(34-11-7-18(16-35)32-34)2-3-22(21)30-24-14-23-17(15-29-24)1-4-25(31-23)33(12-8-27)19-5-9-28-10-6-19/h1-4,7,11,13-15,19,28,35H,5-6,9-10,12,16H2,(H,29,30). The second-order valence-electron chi connectivity index (χ2n) is 8.40. The van der Waals surface area contributed by atoms with E-state index in [2.05, 4.69) is 31.7 Å². The van der Waals surface area contributed by atoms with Crippen molar-refractivity contribution < 1.29 is 9.50 Å². The summed E-state index contributed by atoms with van der Waals surface area (Å²) in [5.41, 5.74) is 2.03. The molecule has 1 aliphatic heterocycles. The normalized spacial score (nSPS) is 14.1. The zero-order chi connectivity index (χ0) is 24.2. The van der Waals surface area contributed by atoms with Gasteiger partial charge in [0.1, 0.15) is 24.0 Å². The average molecular weight is 473 g/mol. The lowest BCUT2D eigenvalue weighted by atomic mass is 10.0. The Hall–Kier alpha value is -4.07. The van der Waals surface area contributed by atoms with Crippen molar-refractivity contribution in [1.29, 1.82) is 5.26 Å². The quantitative estimate of drug-likeness (QED) is 0.351. The maximum atomic E-state index is 14.8. The number of piperidine rings is 1. The number of nitrogens with zero attached hydrogens (tertiary/aromatic N) is 6. The number of nitrogens with one attached hydrogen (secondary N) is 2. The maximum absolute atomic E-state index is 14.8. The van der Waals surface area contributed by atoms with Gasteiger partial charge in [0, 0.05) is 36.0 Å². The van der Waals surface area contributed by atoms with Crippen LogP contribution in [-0.4, -0.2) is 50.5 Å². The molecule has 0 aliphatic carbocycles. The van der Waals surface area contributed by atoms with E-state index in [1.807, 2.05) is 12.1 Å². The number of aliphatic hydroxyl groups excluding tert-OH is 1. The first-order valence-electron chi connectivity index (χ1n) is 11.5. The maximum Gasteiger partial charge on any atom is 0.148 e. The van der Waals surface area contributed by atoms with Crippen molar-refractivity contribution in [2.24, 2.45) is 0 Å². The van der Waals surface area contributed by atoms with E-state index in [-0.39, 0.29) is 24.9 Å². The van der Waals surface area contributed by atoms with Crippen LogP contribution in [0.15, 0.2) is 54.9 Å². The smallest absolute Gasteiger partial charge is 0.148 e. The number of anilines is 3. The molecule has 178 valence electrons. The van der Waals surface area contributed by atoms with Crippen LogP contribution in [0, 0.1) is 17.1 Å². The summed E-state index contributed by atoms with van der Waals surface area (Å²) in [5, 5.41) is 30.0. The highest BCUT2D eigenvalue weighted by molar-refractivity contribution is 5.82. The predicted molar refractivity (Wildman–Crippen MR) is 131 cm³/mol. The van der Waals surface area contributed by atoms with Crippen LogP contribution in [0.4, 0.5) is 21.7 Å². The van der Waals surface area contributed by atoms with Crippen LogP contribution in [-0.2, 0) is 6.61 Å². The third-order valence-electron chi connectivity index (χ3n) is 6.13. The fourth-order valence-electron chi connectivity index (χ4n) is 4.30. The molecule has 5 rings (SSSR count). The topological polar surface area (TPSA) is 115 Å². The molecule has 4 aromatic rings. The lowest BCUT2D eigenvalue weighted by molar-refractivity contribution is 0.276. The summed E-state index contributed by atoms with van der Waals surface area (Å²) in [6.45, 7) is 1.94. The molecule has 10 heteroatoms. The van der Waals surface area contributed by atoms with E-state index in [1.165, 1.54) is 10.7 Å². The molecule has 1 saturated heterocycles. The van der Waals surface area contributed by atoms with Gasteiger partial charge in [0.05, 0.1) is 35.3 Å². The lowest BCUT2D eigenvalue weighted by Crippen LogP contribution is -2.43. The van der Waals surface area contributed by atoms with E-state index >= 15 is 0 Å². The molecular formula is C25H25FN8O. The number of aliphatic hydroxyl groups is 1. The van der Waals surface area contributed by atoms with Gasteiger partial charge in [-0.25, -0.2) is 19.0 Å². The SMILES string of the molecule is N#CCN(c1ccc2cnc(Nc3ccc(-n4ccc(CO)n4)cc3F)cc2n1)C1CCNCC1. The van der Waals surface area contributed by atoms with E-state index in [1.54, 1.807) is 36.7 Å². The highest BCUT2D eigenvalue weighted by atomic mass is 19.1. The minimum Gasteiger partial charge on any atom is -0.390 e. The van der Waals surface area contributed by atoms with Gasteiger partial charge in [-0.2, -0.15) is 10.4 Å². The van der Waals surface area contributed by atoms with Crippen molar-refractivity contribution in [3.8, 4) is 11.8 Å². The third kappa shape index (κ3) is 4.91. The number of benzene rings is 1. The van der Waals surface area contributed by atoms with Crippen molar-refractivity contribution in [2.45, 2.75) is 25.5 Å². The van der Waals surface area contributed by atoms with Crippen LogP contribution >= 0.6 is 0 Å². The zero-order valence-electron chi connectivity index (χ0n) is 19.0. The predicted octanol–water partition coefficient (Wildman–Crippen LogP) is 3.27. The Morgan fingerprint density at radius 2 is 2.06 bits per heavy atom. The fraction of sp³-hybridized carbons (Fsp3) is 0.280. The monoisotopic (exact) mass is 472 g/mol. The average Bonchev–Trinajstić information content (AvgIpc) is 3.38. The molecule has 1 aromatic carbocycles. The first-order chi connectivity index (χ1) is 17.1. The summed E-state index contributed by atoms with van der Waals surface area (Å²) in [6.07, 6.45) is 5.28. The molecule has 0 atom stereocenters. The van der Waals surface area contributed by atoms with Crippen LogP contribution in [0.5, 0.6) is 0 Å². The van der Waals surface area contributed by atoms with Gasteiger partial charge in [-0.05, 0) is 56.3 Å². The number of hydrogen-bond acceptors (Lipinski definition) is 8. The van der Waals surface area contributed by atoms with Crippen molar-refractivity contribution >= 4 is 28.2 Å². The van der Waals surface area contributed by atoms with Crippen LogP contribution in [0.2, 0.25) is 0 Å². The van der Waals surface area contributed by atoms with E-state index < -0.39 is 5.82 Å². The Labute approximate surface area is 201 Å². The molecule has 3 N–H and O–H groups in total. The van der Waals surface area contributed by atoms with Gasteiger partial charge in [0.15, 0.2) is 0 Å². The molecule has 0 saturated carbocycles. The van der Waals surface area contributed by atoms with Crippen molar-refractivity contribution in [3.05, 3.63) is 66.4 Å². The summed E-state index contributed by atoms with van der Waals surface area (Å²) < 4.78 is 16.4. The molecule has 35 heavy (non-hydrogen) atoms. The van der Waals surface area contributed by atoms with Gasteiger partial charge in [-0.3, -0.25) is 0 Å². The van der Waals surface area contributed by atoms with E-state index in [9.17, 15) is 14.8 Å². The molecule has 4 heterocycles. The summed E-state index contributed by atoms with van der Waals surface area (Å²) >= 11 is 0. The van der Waals surface area contributed by atoms with Gasteiger partial charge in [-0.1, -0.05) is 0 Å². The summed E-state index contributed by atoms with van der Waals surface area (Å²) in [4.78, 5) is 11.3. The van der Waals surface area contributed by atoms with Gasteiger partial charge in [0.25, 0.3) is 0 Å². The van der Waals surface area contributed by atoms with E-state index in [4.69, 9.17) is 4.98 Å². The largest absolute Gasteiger partial charge is 0.390 e. The van der Waals surface area contributed by atoms with Gasteiger partial charge in [0.2, 0.25) is 0 Å². The molecule has 0 radical (unpaired) electrons. The van der Waals surface area contributed by atoms with E-state index in [0.29, 0.717) is 22.7 Å². The third-order valence-corrected chi connectivity index (χ3v) is 6.13. The van der Waals surface area contributed by atoms with Crippen LogP contribution in [0.1, 0.15) is 18.5 Å². The Morgan fingerprint density at radius 3 is 2.80 bits per heavy atom. The molecule has 9 nitrogen and oxygen atoms in total. The number of nitriles is 1. The number of pyridine rings is 2. The highest BCUT2D eigenvalue weighted by Gasteiger charge is 2.22. The summed E-state index contributed by atoms with van der Waals surface area (Å²) in [5.74, 6) is 0.752. The molecule has 3 aromatic heterocycles. The Morgan fingerprint density at radius 1 is 1.20 bits per heavy atom. The van der Waals surface area contributed by atoms with E-state index in [0.717, 1.165) is 37.1 Å². The molecule has 0 unspecified atom stereocenters. The molecule has 0 amide bonds. The number of aromatic nitrogens is 4. The van der Waals surface area contributed by atoms with Crippen molar-refractivity contribution in [1.82, 2.24) is 25.1 Å². The second kappa shape index (κ2) is 10.0. The molecular weight excluding hydrogens is 447 g/mol. The summed E-state index contributed by atoms with van der Waals surface area (Å²) in [6, 6.07) is 14.6. The number of rotatable bonds is 7. The van der Waals surface area contributed by atoms with Crippen LogP contribution < -0.4 is 15.5 Å². The Kier molecular flexibility index (Phi) is 6.52. The van der Waals surface area contributed by atoms with Gasteiger partial charge >= 0.3 is 0 Å². The lowest BCUT2D eigenvalue weighted by Gasteiger charge is -2.34. The summed E-state index contributed by atoms with van der Waals surface area (Å²) in [7, 11) is 0. The van der Waals surface area contributed by atoms with Gasteiger partial charge < -0.3 is 20.6 Å². The fourth-order valence-corrected chi connectivity index (χ4v) is 4.30. The zero-order valence-corrected chi connectivity index (χ0v) is 19.0. The number of halogens is 1. The van der Waals surface area contributed by atoms with Crippen LogP contribution in [0.3, 0.4) is 0 Å². The van der Waals surface area contributed by atoms with Gasteiger partial charge in [-0.15, -0.1) is 0 Å².